The first-order valence-electron chi connectivity index (χ1n) is 14.4. The summed E-state index contributed by atoms with van der Waals surface area (Å²) in [6.07, 6.45) is 4.46. The van der Waals surface area contributed by atoms with Crippen LogP contribution in [0.25, 0.3) is 0 Å². The summed E-state index contributed by atoms with van der Waals surface area (Å²) in [6, 6.07) is 19.0. The van der Waals surface area contributed by atoms with Gasteiger partial charge in [0.25, 0.3) is 0 Å². The van der Waals surface area contributed by atoms with Gasteiger partial charge in [0.05, 0.1) is 0 Å². The Kier molecular flexibility index (Phi) is 16.6. The Bertz CT molecular complexity index is 974. The third kappa shape index (κ3) is 14.0. The van der Waals surface area contributed by atoms with Gasteiger partial charge in [0, 0.05) is 39.1 Å². The third-order valence-electron chi connectivity index (χ3n) is 6.38. The molecular formula is C31H46N4O5. The van der Waals surface area contributed by atoms with Crippen LogP contribution in [0, 0.1) is 0 Å². The lowest BCUT2D eigenvalue weighted by molar-refractivity contribution is -0.121. The number of amides is 3. The lowest BCUT2D eigenvalue weighted by Crippen LogP contribution is -2.37. The van der Waals surface area contributed by atoms with Crippen LogP contribution in [0.1, 0.15) is 63.0 Å². The fraction of sp³-hybridized carbons (Fsp3) is 0.516. The number of ether oxygens (including phenoxy) is 2. The number of benzene rings is 2. The topological polar surface area (TPSA) is 114 Å². The molecule has 0 bridgehead atoms. The number of nitrogens with zero attached hydrogens (tertiary/aromatic N) is 2. The molecule has 3 amide bonds. The first-order valence-corrected chi connectivity index (χ1v) is 14.4. The van der Waals surface area contributed by atoms with Crippen molar-refractivity contribution in [3.63, 3.8) is 0 Å². The molecule has 0 aliphatic carbocycles. The zero-order valence-electron chi connectivity index (χ0n) is 23.9. The van der Waals surface area contributed by atoms with E-state index < -0.39 is 6.09 Å². The number of carbonyl (C=O) groups excluding carboxylic acids is 3. The molecular weight excluding hydrogens is 508 g/mol. The summed E-state index contributed by atoms with van der Waals surface area (Å²) in [5, 5.41) is 2.92. The highest BCUT2D eigenvalue weighted by molar-refractivity contribution is 5.77. The third-order valence-corrected chi connectivity index (χ3v) is 6.38. The second-order valence-corrected chi connectivity index (χ2v) is 9.71. The molecule has 0 heterocycles. The zero-order chi connectivity index (χ0) is 28.8. The summed E-state index contributed by atoms with van der Waals surface area (Å²) in [6.45, 7) is 5.28. The van der Waals surface area contributed by atoms with E-state index >= 15 is 0 Å². The normalized spacial score (nSPS) is 10.6. The van der Waals surface area contributed by atoms with Gasteiger partial charge in [-0.25, -0.2) is 9.59 Å². The van der Waals surface area contributed by atoms with E-state index in [1.165, 1.54) is 0 Å². The van der Waals surface area contributed by atoms with Crippen LogP contribution in [0.5, 0.6) is 0 Å². The van der Waals surface area contributed by atoms with Crippen LogP contribution >= 0.6 is 0 Å². The molecule has 2 aromatic rings. The van der Waals surface area contributed by atoms with Crippen molar-refractivity contribution in [3.8, 4) is 0 Å². The lowest BCUT2D eigenvalue weighted by atomic mass is 10.2. The number of unbranched alkanes of at least 4 members (excludes halogenated alkanes) is 3. The van der Waals surface area contributed by atoms with Gasteiger partial charge in [0.1, 0.15) is 13.2 Å². The second kappa shape index (κ2) is 20.3. The summed E-state index contributed by atoms with van der Waals surface area (Å²) in [4.78, 5) is 41.2. The Morgan fingerprint density at radius 1 is 0.700 bits per heavy atom. The molecule has 0 saturated heterocycles. The van der Waals surface area contributed by atoms with Crippen LogP contribution < -0.4 is 11.1 Å². The summed E-state index contributed by atoms with van der Waals surface area (Å²) in [5.41, 5.74) is 7.50. The van der Waals surface area contributed by atoms with Gasteiger partial charge in [-0.15, -0.1) is 0 Å². The Morgan fingerprint density at radius 2 is 1.20 bits per heavy atom. The van der Waals surface area contributed by atoms with Crippen molar-refractivity contribution in [2.24, 2.45) is 5.73 Å². The van der Waals surface area contributed by atoms with E-state index in [0.717, 1.165) is 30.4 Å². The van der Waals surface area contributed by atoms with E-state index in [-0.39, 0.29) is 38.2 Å². The maximum absolute atomic E-state index is 12.9. The highest BCUT2D eigenvalue weighted by Crippen LogP contribution is 2.09. The number of hydrogen-bond donors (Lipinski definition) is 2. The molecule has 0 radical (unpaired) electrons. The van der Waals surface area contributed by atoms with E-state index in [9.17, 15) is 14.4 Å². The molecule has 2 rings (SSSR count). The lowest BCUT2D eigenvalue weighted by Gasteiger charge is -2.24. The summed E-state index contributed by atoms with van der Waals surface area (Å²) in [7, 11) is 0. The van der Waals surface area contributed by atoms with Gasteiger partial charge in [-0.2, -0.15) is 0 Å². The summed E-state index contributed by atoms with van der Waals surface area (Å²) < 4.78 is 11.0. The molecule has 0 aliphatic rings. The van der Waals surface area contributed by atoms with Crippen molar-refractivity contribution in [2.45, 2.75) is 65.1 Å². The van der Waals surface area contributed by atoms with Gasteiger partial charge < -0.3 is 30.3 Å². The van der Waals surface area contributed by atoms with Crippen molar-refractivity contribution in [1.82, 2.24) is 15.1 Å². The molecule has 0 fully saturated rings. The average Bonchev–Trinajstić information content (AvgIpc) is 2.99. The number of rotatable bonds is 19. The standard InChI is InChI=1S/C31H46N4O5/c1-2-3-10-20-33-29(36)18-24-35(31(38)40-26-28-16-8-5-9-17-28)22-12-11-21-34(23-13-19-32)30(37)39-25-27-14-6-4-7-15-27/h4-9,14-17H,2-3,10-13,18-26,32H2,1H3,(H,33,36). The fourth-order valence-electron chi connectivity index (χ4n) is 4.03. The molecule has 0 unspecified atom stereocenters. The summed E-state index contributed by atoms with van der Waals surface area (Å²) in [5.74, 6) is -0.0777. The molecule has 0 aromatic heterocycles. The predicted molar refractivity (Wildman–Crippen MR) is 156 cm³/mol. The van der Waals surface area contributed by atoms with E-state index in [4.69, 9.17) is 15.2 Å². The van der Waals surface area contributed by atoms with Crippen molar-refractivity contribution in [1.29, 1.82) is 0 Å². The van der Waals surface area contributed by atoms with Crippen LogP contribution in [0.4, 0.5) is 9.59 Å². The van der Waals surface area contributed by atoms with E-state index in [1.54, 1.807) is 9.80 Å². The number of nitrogens with two attached hydrogens (primary N) is 1. The summed E-state index contributed by atoms with van der Waals surface area (Å²) >= 11 is 0. The first kappa shape index (κ1) is 32.6. The number of carbonyl (C=O) groups is 3. The molecule has 0 atom stereocenters. The van der Waals surface area contributed by atoms with Crippen LogP contribution in [0.3, 0.4) is 0 Å². The largest absolute Gasteiger partial charge is 0.445 e. The molecule has 40 heavy (non-hydrogen) atoms. The molecule has 0 aliphatic heterocycles. The van der Waals surface area contributed by atoms with Gasteiger partial charge in [0.15, 0.2) is 0 Å². The Labute approximate surface area is 239 Å². The van der Waals surface area contributed by atoms with E-state index in [0.29, 0.717) is 52.0 Å². The average molecular weight is 555 g/mol. The van der Waals surface area contributed by atoms with Crippen molar-refractivity contribution < 1.29 is 23.9 Å². The highest BCUT2D eigenvalue weighted by atomic mass is 16.6. The molecule has 2 aromatic carbocycles. The van der Waals surface area contributed by atoms with Crippen LogP contribution in [0.2, 0.25) is 0 Å². The van der Waals surface area contributed by atoms with Crippen molar-refractivity contribution in [3.05, 3.63) is 71.8 Å². The maximum Gasteiger partial charge on any atom is 0.410 e. The smallest absolute Gasteiger partial charge is 0.410 e. The number of nitrogens with one attached hydrogen (secondary N) is 1. The van der Waals surface area contributed by atoms with E-state index in [1.807, 2.05) is 60.7 Å². The fourth-order valence-corrected chi connectivity index (χ4v) is 4.03. The molecule has 9 heteroatoms. The van der Waals surface area contributed by atoms with E-state index in [2.05, 4.69) is 12.2 Å². The molecule has 3 N–H and O–H groups in total. The monoisotopic (exact) mass is 554 g/mol. The Balaban J connectivity index is 1.86. The van der Waals surface area contributed by atoms with Gasteiger partial charge in [-0.05, 0) is 43.4 Å². The molecule has 0 saturated carbocycles. The van der Waals surface area contributed by atoms with Crippen molar-refractivity contribution in [2.75, 3.05) is 39.3 Å². The van der Waals surface area contributed by atoms with Gasteiger partial charge >= 0.3 is 12.2 Å². The molecule has 0 spiro atoms. The van der Waals surface area contributed by atoms with Crippen LogP contribution in [-0.2, 0) is 27.5 Å². The van der Waals surface area contributed by atoms with Gasteiger partial charge in [-0.1, -0.05) is 80.4 Å². The van der Waals surface area contributed by atoms with Gasteiger partial charge in [0.2, 0.25) is 5.91 Å². The minimum atomic E-state index is -0.454. The van der Waals surface area contributed by atoms with Crippen LogP contribution in [-0.4, -0.2) is 67.2 Å². The van der Waals surface area contributed by atoms with Crippen LogP contribution in [0.15, 0.2) is 60.7 Å². The Morgan fingerprint density at radius 3 is 1.70 bits per heavy atom. The predicted octanol–water partition coefficient (Wildman–Crippen LogP) is 5.09. The quantitative estimate of drug-likeness (QED) is 0.234. The molecule has 9 nitrogen and oxygen atoms in total. The minimum absolute atomic E-state index is 0.0777. The highest BCUT2D eigenvalue weighted by Gasteiger charge is 2.18. The number of hydrogen-bond acceptors (Lipinski definition) is 6. The SMILES string of the molecule is CCCCCNC(=O)CCN(CCCCN(CCCN)C(=O)OCc1ccccc1)C(=O)OCc1ccccc1. The zero-order valence-corrected chi connectivity index (χ0v) is 23.9. The maximum atomic E-state index is 12.9. The Hall–Kier alpha value is -3.59. The van der Waals surface area contributed by atoms with Gasteiger partial charge in [-0.3, -0.25) is 4.79 Å². The van der Waals surface area contributed by atoms with Crippen molar-refractivity contribution >= 4 is 18.1 Å². The molecule has 220 valence electrons. The first-order chi connectivity index (χ1) is 19.5. The second-order valence-electron chi connectivity index (χ2n) is 9.71. The minimum Gasteiger partial charge on any atom is -0.445 e.